The Labute approximate surface area is 192 Å². The topological polar surface area (TPSA) is 77.0 Å². The number of aromatic amines is 1. The monoisotopic (exact) mass is 459 g/mol. The SMILES string of the molecule is COc1ccc(C(=O)CSc2nc3c([nH]c4ccccc43)c(=O)n2-c2ccccc2F)cc1. The molecule has 0 aliphatic heterocycles. The Morgan fingerprint density at radius 2 is 1.79 bits per heavy atom. The third kappa shape index (κ3) is 3.78. The number of carbonyl (C=O) groups excluding carboxylic acids is 1. The molecule has 0 spiro atoms. The second kappa shape index (κ2) is 8.55. The number of ether oxygens (including phenoxy) is 1. The zero-order valence-corrected chi connectivity index (χ0v) is 18.4. The predicted octanol–water partition coefficient (Wildman–Crippen LogP) is 4.99. The minimum Gasteiger partial charge on any atom is -0.497 e. The number of nitrogens with one attached hydrogen (secondary N) is 1. The summed E-state index contributed by atoms with van der Waals surface area (Å²) < 4.78 is 21.0. The highest BCUT2D eigenvalue weighted by Crippen LogP contribution is 2.27. The third-order valence-electron chi connectivity index (χ3n) is 5.33. The number of aromatic nitrogens is 3. The Morgan fingerprint density at radius 3 is 2.55 bits per heavy atom. The number of thioether (sulfide) groups is 1. The number of benzene rings is 3. The number of Topliss-reactive ketones (excluding diaryl/α,β-unsaturated/α-hetero) is 1. The van der Waals surface area contributed by atoms with Crippen LogP contribution in [-0.4, -0.2) is 33.2 Å². The van der Waals surface area contributed by atoms with E-state index in [0.717, 1.165) is 22.7 Å². The van der Waals surface area contributed by atoms with Crippen LogP contribution >= 0.6 is 11.8 Å². The number of fused-ring (bicyclic) bond motifs is 3. The zero-order valence-electron chi connectivity index (χ0n) is 17.5. The summed E-state index contributed by atoms with van der Waals surface area (Å²) in [4.78, 5) is 34.0. The van der Waals surface area contributed by atoms with Crippen LogP contribution in [0.3, 0.4) is 0 Å². The molecule has 2 aromatic heterocycles. The van der Waals surface area contributed by atoms with Gasteiger partial charge < -0.3 is 9.72 Å². The molecular formula is C25H18FN3O3S. The molecule has 3 aromatic carbocycles. The van der Waals surface area contributed by atoms with Gasteiger partial charge in [0.2, 0.25) is 0 Å². The number of hydrogen-bond donors (Lipinski definition) is 1. The lowest BCUT2D eigenvalue weighted by atomic mass is 10.1. The first kappa shape index (κ1) is 21.0. The van der Waals surface area contributed by atoms with Gasteiger partial charge in [0.25, 0.3) is 5.56 Å². The number of ketones is 1. The smallest absolute Gasteiger partial charge is 0.283 e. The summed E-state index contributed by atoms with van der Waals surface area (Å²) in [6.45, 7) is 0. The lowest BCUT2D eigenvalue weighted by Crippen LogP contribution is -2.23. The summed E-state index contributed by atoms with van der Waals surface area (Å²) in [6, 6.07) is 20.2. The van der Waals surface area contributed by atoms with E-state index in [1.54, 1.807) is 43.5 Å². The van der Waals surface area contributed by atoms with E-state index in [4.69, 9.17) is 9.72 Å². The quantitative estimate of drug-likeness (QED) is 0.220. The molecule has 1 N–H and O–H groups in total. The van der Waals surface area contributed by atoms with E-state index in [0.29, 0.717) is 16.8 Å². The van der Waals surface area contributed by atoms with Crippen LogP contribution in [0.2, 0.25) is 0 Å². The Bertz CT molecular complexity index is 1560. The molecule has 5 aromatic rings. The Kier molecular flexibility index (Phi) is 5.43. The van der Waals surface area contributed by atoms with E-state index < -0.39 is 11.4 Å². The molecule has 33 heavy (non-hydrogen) atoms. The lowest BCUT2D eigenvalue weighted by molar-refractivity contribution is 0.102. The molecule has 0 amide bonds. The van der Waals surface area contributed by atoms with Crippen LogP contribution in [0.4, 0.5) is 4.39 Å². The first-order valence-corrected chi connectivity index (χ1v) is 11.1. The second-order valence-corrected chi connectivity index (χ2v) is 8.26. The highest BCUT2D eigenvalue weighted by molar-refractivity contribution is 7.99. The van der Waals surface area contributed by atoms with Crippen molar-refractivity contribution in [1.82, 2.24) is 14.5 Å². The maximum Gasteiger partial charge on any atom is 0.283 e. The number of nitrogens with zero attached hydrogens (tertiary/aromatic N) is 2. The molecule has 0 saturated carbocycles. The van der Waals surface area contributed by atoms with Crippen molar-refractivity contribution in [2.45, 2.75) is 5.16 Å². The zero-order chi connectivity index (χ0) is 22.9. The first-order chi connectivity index (χ1) is 16.1. The molecule has 0 saturated heterocycles. The maximum atomic E-state index is 14.7. The minimum absolute atomic E-state index is 0.0289. The molecule has 0 radical (unpaired) electrons. The van der Waals surface area contributed by atoms with Gasteiger partial charge in [-0.15, -0.1) is 0 Å². The number of para-hydroxylation sites is 2. The van der Waals surface area contributed by atoms with Gasteiger partial charge in [-0.2, -0.15) is 0 Å². The van der Waals surface area contributed by atoms with Crippen LogP contribution in [0.1, 0.15) is 10.4 Å². The fourth-order valence-electron chi connectivity index (χ4n) is 3.68. The second-order valence-electron chi connectivity index (χ2n) is 7.32. The maximum absolute atomic E-state index is 14.7. The van der Waals surface area contributed by atoms with Gasteiger partial charge >= 0.3 is 0 Å². The average Bonchev–Trinajstić information content (AvgIpc) is 3.22. The summed E-state index contributed by atoms with van der Waals surface area (Å²) in [5.74, 6) is -0.0172. The number of halogens is 1. The van der Waals surface area contributed by atoms with Crippen molar-refractivity contribution >= 4 is 39.5 Å². The highest BCUT2D eigenvalue weighted by Gasteiger charge is 2.20. The van der Waals surface area contributed by atoms with Gasteiger partial charge in [0.05, 0.1) is 18.6 Å². The van der Waals surface area contributed by atoms with Crippen LogP contribution in [0.5, 0.6) is 5.75 Å². The summed E-state index contributed by atoms with van der Waals surface area (Å²) in [7, 11) is 1.56. The molecule has 6 nitrogen and oxygen atoms in total. The van der Waals surface area contributed by atoms with Gasteiger partial charge in [0.15, 0.2) is 10.9 Å². The molecular weight excluding hydrogens is 441 g/mol. The van der Waals surface area contributed by atoms with Crippen LogP contribution in [0.15, 0.2) is 82.7 Å². The van der Waals surface area contributed by atoms with Crippen LogP contribution in [0, 0.1) is 5.82 Å². The molecule has 2 heterocycles. The summed E-state index contributed by atoms with van der Waals surface area (Å²) in [6.07, 6.45) is 0. The molecule has 8 heteroatoms. The van der Waals surface area contributed by atoms with Crippen molar-refractivity contribution in [3.05, 3.63) is 94.5 Å². The van der Waals surface area contributed by atoms with Crippen molar-refractivity contribution in [2.24, 2.45) is 0 Å². The van der Waals surface area contributed by atoms with E-state index in [9.17, 15) is 14.0 Å². The number of H-pyrrole nitrogens is 1. The third-order valence-corrected chi connectivity index (χ3v) is 6.27. The number of methoxy groups -OCH3 is 1. The molecule has 0 unspecified atom stereocenters. The Hall–Kier alpha value is -3.91. The van der Waals surface area contributed by atoms with Crippen molar-refractivity contribution in [1.29, 1.82) is 0 Å². The Balaban J connectivity index is 1.62. The molecule has 0 aliphatic carbocycles. The largest absolute Gasteiger partial charge is 0.497 e. The van der Waals surface area contributed by atoms with Crippen molar-refractivity contribution in [2.75, 3.05) is 12.9 Å². The number of rotatable bonds is 6. The molecule has 0 atom stereocenters. The summed E-state index contributed by atoms with van der Waals surface area (Å²) >= 11 is 1.09. The van der Waals surface area contributed by atoms with Gasteiger partial charge in [-0.25, -0.2) is 9.37 Å². The normalized spacial score (nSPS) is 11.2. The van der Waals surface area contributed by atoms with Gasteiger partial charge in [-0.05, 0) is 42.5 Å². The fourth-order valence-corrected chi connectivity index (χ4v) is 4.57. The lowest BCUT2D eigenvalue weighted by Gasteiger charge is -2.12. The van der Waals surface area contributed by atoms with Crippen molar-refractivity contribution < 1.29 is 13.9 Å². The van der Waals surface area contributed by atoms with Crippen molar-refractivity contribution in [3.8, 4) is 11.4 Å². The van der Waals surface area contributed by atoms with E-state index in [-0.39, 0.29) is 27.9 Å². The number of hydrogen-bond acceptors (Lipinski definition) is 5. The average molecular weight is 460 g/mol. The van der Waals surface area contributed by atoms with E-state index in [1.165, 1.54) is 16.7 Å². The minimum atomic E-state index is -0.555. The molecule has 0 aliphatic rings. The van der Waals surface area contributed by atoms with Crippen LogP contribution in [0.25, 0.3) is 27.6 Å². The predicted molar refractivity (Wildman–Crippen MR) is 127 cm³/mol. The van der Waals surface area contributed by atoms with E-state index >= 15 is 0 Å². The Morgan fingerprint density at radius 1 is 1.06 bits per heavy atom. The van der Waals surface area contributed by atoms with Gasteiger partial charge in [-0.1, -0.05) is 42.1 Å². The highest BCUT2D eigenvalue weighted by atomic mass is 32.2. The van der Waals surface area contributed by atoms with Gasteiger partial charge in [0.1, 0.15) is 22.6 Å². The first-order valence-electron chi connectivity index (χ1n) is 10.2. The van der Waals surface area contributed by atoms with Crippen LogP contribution < -0.4 is 10.3 Å². The van der Waals surface area contributed by atoms with E-state index in [2.05, 4.69) is 4.98 Å². The fraction of sp³-hybridized carbons (Fsp3) is 0.0800. The van der Waals surface area contributed by atoms with Gasteiger partial charge in [0, 0.05) is 16.5 Å². The van der Waals surface area contributed by atoms with Gasteiger partial charge in [-0.3, -0.25) is 14.2 Å². The standard InChI is InChI=1S/C25H18FN3O3S/c1-32-16-12-10-15(11-13-16)21(30)14-33-25-28-22-17-6-2-4-8-19(17)27-23(22)24(31)29(25)20-9-5-3-7-18(20)26/h2-13,27H,14H2,1H3. The molecule has 0 fully saturated rings. The van der Waals surface area contributed by atoms with Crippen molar-refractivity contribution in [3.63, 3.8) is 0 Å². The summed E-state index contributed by atoms with van der Waals surface area (Å²) in [5.41, 5.74) is 1.69. The van der Waals surface area contributed by atoms with E-state index in [1.807, 2.05) is 24.3 Å². The van der Waals surface area contributed by atoms with Crippen LogP contribution in [-0.2, 0) is 0 Å². The number of carbonyl (C=O) groups is 1. The molecule has 5 rings (SSSR count). The molecule has 164 valence electrons. The summed E-state index contributed by atoms with van der Waals surface area (Å²) in [5, 5.41) is 1.03. The molecule has 0 bridgehead atoms.